The highest BCUT2D eigenvalue weighted by Crippen LogP contribution is 2.33. The summed E-state index contributed by atoms with van der Waals surface area (Å²) in [7, 11) is 0. The van der Waals surface area contributed by atoms with Crippen molar-refractivity contribution in [1.82, 2.24) is 4.98 Å². The van der Waals surface area contributed by atoms with Crippen LogP contribution in [-0.4, -0.2) is 17.7 Å². The summed E-state index contributed by atoms with van der Waals surface area (Å²) in [6.45, 7) is 2.19. The van der Waals surface area contributed by atoms with Gasteiger partial charge in [0.25, 0.3) is 5.91 Å². The molecule has 5 rings (SSSR count). The molecule has 1 amide bonds. The van der Waals surface area contributed by atoms with Gasteiger partial charge in [0.05, 0.1) is 0 Å². The third-order valence-electron chi connectivity index (χ3n) is 4.55. The molecule has 2 heterocycles. The van der Waals surface area contributed by atoms with Gasteiger partial charge in [-0.05, 0) is 61.0 Å². The molecule has 1 aliphatic rings. The van der Waals surface area contributed by atoms with E-state index in [-0.39, 0.29) is 12.7 Å². The number of hydrogen-bond donors (Lipinski definition) is 1. The Hall–Kier alpha value is -3.80. The Morgan fingerprint density at radius 3 is 2.82 bits per heavy atom. The van der Waals surface area contributed by atoms with Gasteiger partial charge < -0.3 is 19.2 Å². The maximum absolute atomic E-state index is 12.6. The van der Waals surface area contributed by atoms with E-state index < -0.39 is 0 Å². The monoisotopic (exact) mass is 372 g/mol. The number of carbonyl (C=O) groups excluding carboxylic acids is 1. The first-order chi connectivity index (χ1) is 13.7. The number of hydrogen-bond acceptors (Lipinski definition) is 5. The Bertz CT molecular complexity index is 1210. The van der Waals surface area contributed by atoms with E-state index >= 15 is 0 Å². The Kier molecular flexibility index (Phi) is 3.76. The number of anilines is 1. The summed E-state index contributed by atoms with van der Waals surface area (Å²) in [5.41, 5.74) is 4.60. The van der Waals surface area contributed by atoms with Crippen molar-refractivity contribution in [2.45, 2.75) is 6.92 Å². The zero-order chi connectivity index (χ0) is 19.1. The summed E-state index contributed by atoms with van der Waals surface area (Å²) in [5, 5.41) is 2.90. The zero-order valence-corrected chi connectivity index (χ0v) is 15.1. The van der Waals surface area contributed by atoms with Crippen molar-refractivity contribution in [1.29, 1.82) is 0 Å². The fraction of sp³-hybridized carbons (Fsp3) is 0.0909. The summed E-state index contributed by atoms with van der Waals surface area (Å²) < 4.78 is 16.5. The van der Waals surface area contributed by atoms with Crippen LogP contribution in [0.5, 0.6) is 11.5 Å². The van der Waals surface area contributed by atoms with Crippen molar-refractivity contribution in [3.8, 4) is 23.0 Å². The molecule has 0 aliphatic carbocycles. The summed E-state index contributed by atoms with van der Waals surface area (Å²) in [6.07, 6.45) is 0. The average Bonchev–Trinajstić information content (AvgIpc) is 3.33. The number of ether oxygens (including phenoxy) is 2. The second-order valence-electron chi connectivity index (χ2n) is 6.59. The first-order valence-corrected chi connectivity index (χ1v) is 8.84. The Morgan fingerprint density at radius 2 is 1.89 bits per heavy atom. The van der Waals surface area contributed by atoms with E-state index in [2.05, 4.69) is 10.3 Å². The van der Waals surface area contributed by atoms with Crippen LogP contribution in [0.1, 0.15) is 15.9 Å². The molecule has 1 N–H and O–H groups in total. The minimum absolute atomic E-state index is 0.173. The van der Waals surface area contributed by atoms with Crippen LogP contribution >= 0.6 is 0 Å². The van der Waals surface area contributed by atoms with Crippen LogP contribution in [0.2, 0.25) is 0 Å². The fourth-order valence-corrected chi connectivity index (χ4v) is 3.13. The molecule has 0 saturated carbocycles. The molecule has 0 fully saturated rings. The van der Waals surface area contributed by atoms with E-state index in [0.29, 0.717) is 28.6 Å². The molecule has 6 nitrogen and oxygen atoms in total. The van der Waals surface area contributed by atoms with E-state index in [4.69, 9.17) is 13.9 Å². The third-order valence-corrected chi connectivity index (χ3v) is 4.55. The third kappa shape index (κ3) is 2.95. The van der Waals surface area contributed by atoms with E-state index in [1.807, 2.05) is 49.4 Å². The Balaban J connectivity index is 1.41. The molecule has 4 aromatic rings. The number of nitrogens with one attached hydrogen (secondary N) is 1. The predicted molar refractivity (Wildman–Crippen MR) is 105 cm³/mol. The molecule has 0 saturated heterocycles. The van der Waals surface area contributed by atoms with Gasteiger partial charge in [0.2, 0.25) is 12.7 Å². The molecule has 0 atom stereocenters. The van der Waals surface area contributed by atoms with Crippen molar-refractivity contribution in [2.24, 2.45) is 0 Å². The predicted octanol–water partition coefficient (Wildman–Crippen LogP) is 4.78. The minimum Gasteiger partial charge on any atom is -0.454 e. The quantitative estimate of drug-likeness (QED) is 0.560. The molecular formula is C22H16N2O4. The summed E-state index contributed by atoms with van der Waals surface area (Å²) >= 11 is 0. The van der Waals surface area contributed by atoms with Gasteiger partial charge in [-0.25, -0.2) is 4.98 Å². The van der Waals surface area contributed by atoms with Crippen molar-refractivity contribution in [3.05, 3.63) is 71.8 Å². The van der Waals surface area contributed by atoms with Gasteiger partial charge in [-0.3, -0.25) is 4.79 Å². The summed E-state index contributed by atoms with van der Waals surface area (Å²) in [4.78, 5) is 17.1. The Labute approximate surface area is 160 Å². The normalized spacial score (nSPS) is 12.3. The average molecular weight is 372 g/mol. The van der Waals surface area contributed by atoms with Crippen LogP contribution in [0.3, 0.4) is 0 Å². The maximum Gasteiger partial charge on any atom is 0.255 e. The van der Waals surface area contributed by atoms with Gasteiger partial charge >= 0.3 is 0 Å². The van der Waals surface area contributed by atoms with E-state index in [0.717, 1.165) is 22.2 Å². The van der Waals surface area contributed by atoms with Gasteiger partial charge in [-0.2, -0.15) is 0 Å². The lowest BCUT2D eigenvalue weighted by molar-refractivity contribution is 0.102. The number of oxazole rings is 1. The van der Waals surface area contributed by atoms with E-state index in [1.54, 1.807) is 18.2 Å². The highest BCUT2D eigenvalue weighted by molar-refractivity contribution is 6.05. The van der Waals surface area contributed by atoms with Crippen molar-refractivity contribution in [3.63, 3.8) is 0 Å². The number of benzene rings is 3. The molecule has 28 heavy (non-hydrogen) atoms. The van der Waals surface area contributed by atoms with E-state index in [9.17, 15) is 4.79 Å². The molecule has 138 valence electrons. The summed E-state index contributed by atoms with van der Waals surface area (Å²) in [6, 6.07) is 18.4. The van der Waals surface area contributed by atoms with Gasteiger partial charge in [-0.15, -0.1) is 0 Å². The number of carbonyl (C=O) groups is 1. The smallest absolute Gasteiger partial charge is 0.255 e. The lowest BCUT2D eigenvalue weighted by Gasteiger charge is -2.07. The SMILES string of the molecule is Cc1ccc2oc(-c3cccc(NC(=O)c4ccc5c(c4)OCO5)c3)nc2c1. The van der Waals surface area contributed by atoms with Gasteiger partial charge in [0.15, 0.2) is 17.1 Å². The molecule has 0 bridgehead atoms. The molecule has 1 aliphatic heterocycles. The van der Waals surface area contributed by atoms with Gasteiger partial charge in [0, 0.05) is 16.8 Å². The van der Waals surface area contributed by atoms with Crippen molar-refractivity contribution >= 4 is 22.7 Å². The molecule has 6 heteroatoms. The van der Waals surface area contributed by atoms with Crippen molar-refractivity contribution < 1.29 is 18.7 Å². The van der Waals surface area contributed by atoms with Gasteiger partial charge in [0.1, 0.15) is 5.52 Å². The number of rotatable bonds is 3. The van der Waals surface area contributed by atoms with Gasteiger partial charge in [-0.1, -0.05) is 12.1 Å². The topological polar surface area (TPSA) is 73.6 Å². The molecule has 0 unspecified atom stereocenters. The number of amides is 1. The van der Waals surface area contributed by atoms with Crippen LogP contribution in [0.4, 0.5) is 5.69 Å². The maximum atomic E-state index is 12.6. The van der Waals surface area contributed by atoms with E-state index in [1.165, 1.54) is 0 Å². The number of aryl methyl sites for hydroxylation is 1. The van der Waals surface area contributed by atoms with Crippen LogP contribution in [-0.2, 0) is 0 Å². The minimum atomic E-state index is -0.233. The molecule has 3 aromatic carbocycles. The fourth-order valence-electron chi connectivity index (χ4n) is 3.13. The Morgan fingerprint density at radius 1 is 1.00 bits per heavy atom. The number of aromatic nitrogens is 1. The van der Waals surface area contributed by atoms with Crippen LogP contribution in [0.25, 0.3) is 22.6 Å². The second kappa shape index (κ2) is 6.42. The molecular weight excluding hydrogens is 356 g/mol. The zero-order valence-electron chi connectivity index (χ0n) is 15.1. The lowest BCUT2D eigenvalue weighted by atomic mass is 10.1. The highest BCUT2D eigenvalue weighted by atomic mass is 16.7. The largest absolute Gasteiger partial charge is 0.454 e. The number of nitrogens with zero attached hydrogens (tertiary/aromatic N) is 1. The first kappa shape index (κ1) is 16.4. The molecule has 0 spiro atoms. The standard InChI is InChI=1S/C22H16N2O4/c1-13-5-7-18-17(9-13)24-22(28-18)15-3-2-4-16(10-15)23-21(25)14-6-8-19-20(11-14)27-12-26-19/h2-11H,12H2,1H3,(H,23,25). The van der Waals surface area contributed by atoms with Crippen LogP contribution in [0, 0.1) is 6.92 Å². The molecule has 0 radical (unpaired) electrons. The van der Waals surface area contributed by atoms with Crippen LogP contribution in [0.15, 0.2) is 65.1 Å². The first-order valence-electron chi connectivity index (χ1n) is 8.84. The highest BCUT2D eigenvalue weighted by Gasteiger charge is 2.16. The van der Waals surface area contributed by atoms with Crippen molar-refractivity contribution in [2.75, 3.05) is 12.1 Å². The summed E-state index contributed by atoms with van der Waals surface area (Å²) in [5.74, 6) is 1.50. The number of fused-ring (bicyclic) bond motifs is 2. The van der Waals surface area contributed by atoms with Crippen LogP contribution < -0.4 is 14.8 Å². The second-order valence-corrected chi connectivity index (χ2v) is 6.59. The lowest BCUT2D eigenvalue weighted by Crippen LogP contribution is -2.11. The molecule has 1 aromatic heterocycles.